The van der Waals surface area contributed by atoms with Gasteiger partial charge in [0.2, 0.25) is 0 Å². The topological polar surface area (TPSA) is 194 Å². The maximum atomic E-state index is 10.9. The molecule has 170 valence electrons. The molecule has 1 heterocycles. The highest BCUT2D eigenvalue weighted by Crippen LogP contribution is 2.26. The molecule has 8 atom stereocenters. The highest BCUT2D eigenvalue weighted by atomic mass is 32.2. The third-order valence-corrected chi connectivity index (χ3v) is 7.84. The molecule has 0 amide bonds. The Morgan fingerprint density at radius 3 is 2.50 bits per heavy atom. The molecule has 0 radical (unpaired) electrons. The smallest absolute Gasteiger partial charge is 0.269 e. The van der Waals surface area contributed by atoms with E-state index >= 15 is 0 Å². The molecule has 1 saturated heterocycles. The standard InChI is InChI=1S/C18H28NO10S/c20-5-12(22)17(26)18(29-7-10-2-1-3-11(4-10)19(27)28)14(24)9-30-8-13(23)16(25)15(30)6-21/h1-4,12-18,20-26H,5-9H2/q+1/t12-,13+,14+,15+,16-,17+,18-,30?/m0/s1. The Morgan fingerprint density at radius 1 is 1.20 bits per heavy atom. The summed E-state index contributed by atoms with van der Waals surface area (Å²) in [5.74, 6) is 0.119. The minimum Gasteiger partial charge on any atom is -0.394 e. The molecule has 0 aliphatic carbocycles. The van der Waals surface area contributed by atoms with Crippen molar-refractivity contribution in [3.8, 4) is 0 Å². The van der Waals surface area contributed by atoms with Gasteiger partial charge in [-0.15, -0.1) is 0 Å². The van der Waals surface area contributed by atoms with E-state index in [-0.39, 0.29) is 23.8 Å². The van der Waals surface area contributed by atoms with E-state index in [1.807, 2.05) is 0 Å². The molecule has 1 aliphatic heterocycles. The van der Waals surface area contributed by atoms with E-state index in [0.717, 1.165) is 0 Å². The van der Waals surface area contributed by atoms with Crippen molar-refractivity contribution in [3.05, 3.63) is 39.9 Å². The molecule has 1 aliphatic rings. The zero-order valence-electron chi connectivity index (χ0n) is 16.1. The first-order valence-electron chi connectivity index (χ1n) is 9.32. The van der Waals surface area contributed by atoms with E-state index in [1.165, 1.54) is 18.2 Å². The van der Waals surface area contributed by atoms with Crippen molar-refractivity contribution in [1.29, 1.82) is 0 Å². The third kappa shape index (κ3) is 6.09. The number of benzene rings is 1. The van der Waals surface area contributed by atoms with Crippen LogP contribution in [-0.2, 0) is 22.2 Å². The monoisotopic (exact) mass is 450 g/mol. The van der Waals surface area contributed by atoms with Gasteiger partial charge >= 0.3 is 0 Å². The van der Waals surface area contributed by atoms with Crippen LogP contribution in [0.1, 0.15) is 5.56 Å². The highest BCUT2D eigenvalue weighted by molar-refractivity contribution is 7.97. The molecular formula is C18H28NO10S+. The van der Waals surface area contributed by atoms with Gasteiger partial charge in [0.05, 0.1) is 24.7 Å². The average Bonchev–Trinajstić information content (AvgIpc) is 2.99. The van der Waals surface area contributed by atoms with Gasteiger partial charge in [0.25, 0.3) is 5.69 Å². The summed E-state index contributed by atoms with van der Waals surface area (Å²) in [4.78, 5) is 10.3. The summed E-state index contributed by atoms with van der Waals surface area (Å²) in [5, 5.41) is 79.4. The van der Waals surface area contributed by atoms with Gasteiger partial charge < -0.3 is 40.5 Å². The molecule has 7 N–H and O–H groups in total. The quantitative estimate of drug-likeness (QED) is 0.106. The first kappa shape index (κ1) is 24.9. The van der Waals surface area contributed by atoms with Crippen LogP contribution in [0, 0.1) is 10.1 Å². The third-order valence-electron chi connectivity index (χ3n) is 5.01. The van der Waals surface area contributed by atoms with Gasteiger partial charge in [0.15, 0.2) is 5.25 Å². The highest BCUT2D eigenvalue weighted by Gasteiger charge is 2.51. The Morgan fingerprint density at radius 2 is 1.90 bits per heavy atom. The molecule has 0 spiro atoms. The Kier molecular flexibility index (Phi) is 9.40. The van der Waals surface area contributed by atoms with Crippen molar-refractivity contribution in [2.45, 2.75) is 48.5 Å². The van der Waals surface area contributed by atoms with Crippen LogP contribution in [0.3, 0.4) is 0 Å². The van der Waals surface area contributed by atoms with Gasteiger partial charge in [-0.3, -0.25) is 10.1 Å². The minimum absolute atomic E-state index is 0.0336. The molecule has 1 aromatic carbocycles. The molecule has 1 aromatic rings. The molecule has 11 nitrogen and oxygen atoms in total. The molecule has 0 aromatic heterocycles. The summed E-state index contributed by atoms with van der Waals surface area (Å²) in [7, 11) is -0.790. The Bertz CT molecular complexity index is 695. The number of ether oxygens (including phenoxy) is 1. The molecule has 12 heteroatoms. The van der Waals surface area contributed by atoms with E-state index in [2.05, 4.69) is 0 Å². The second kappa shape index (κ2) is 11.3. The van der Waals surface area contributed by atoms with Gasteiger partial charge in [-0.05, 0) is 5.56 Å². The number of hydrogen-bond acceptors (Lipinski definition) is 10. The number of nitro groups is 1. The van der Waals surface area contributed by atoms with Crippen LogP contribution in [-0.4, -0.2) is 107 Å². The van der Waals surface area contributed by atoms with Crippen molar-refractivity contribution in [2.75, 3.05) is 24.7 Å². The van der Waals surface area contributed by atoms with E-state index < -0.39 is 70.9 Å². The first-order valence-corrected chi connectivity index (χ1v) is 11.0. The maximum Gasteiger partial charge on any atom is 0.269 e. The molecular weight excluding hydrogens is 422 g/mol. The Labute approximate surface area is 175 Å². The first-order chi connectivity index (χ1) is 14.2. The lowest BCUT2D eigenvalue weighted by molar-refractivity contribution is -0.385. The summed E-state index contributed by atoms with van der Waals surface area (Å²) >= 11 is 0. The van der Waals surface area contributed by atoms with Crippen LogP contribution in [0.5, 0.6) is 0 Å². The fraction of sp³-hybridized carbons (Fsp3) is 0.667. The molecule has 1 unspecified atom stereocenters. The second-order valence-corrected chi connectivity index (χ2v) is 9.51. The number of hydrogen-bond donors (Lipinski definition) is 7. The largest absolute Gasteiger partial charge is 0.394 e. The van der Waals surface area contributed by atoms with Crippen molar-refractivity contribution in [1.82, 2.24) is 0 Å². The fourth-order valence-corrected chi connectivity index (χ4v) is 6.00. The van der Waals surface area contributed by atoms with Crippen molar-refractivity contribution in [3.63, 3.8) is 0 Å². The van der Waals surface area contributed by atoms with Crippen LogP contribution in [0.4, 0.5) is 5.69 Å². The Hall–Kier alpha value is -1.35. The van der Waals surface area contributed by atoms with Crippen molar-refractivity contribution >= 4 is 16.6 Å². The maximum absolute atomic E-state index is 10.9. The summed E-state index contributed by atoms with van der Waals surface area (Å²) in [6.45, 7) is -1.40. The van der Waals surface area contributed by atoms with Crippen LogP contribution in [0.25, 0.3) is 0 Å². The fourth-order valence-electron chi connectivity index (χ4n) is 3.32. The van der Waals surface area contributed by atoms with Crippen LogP contribution in [0.15, 0.2) is 24.3 Å². The molecule has 0 saturated carbocycles. The minimum atomic E-state index is -1.67. The van der Waals surface area contributed by atoms with Crippen LogP contribution < -0.4 is 0 Å². The number of aliphatic hydroxyl groups is 7. The van der Waals surface area contributed by atoms with Crippen molar-refractivity contribution < 1.29 is 45.4 Å². The zero-order valence-corrected chi connectivity index (χ0v) is 16.9. The summed E-state index contributed by atoms with van der Waals surface area (Å²) in [5.41, 5.74) is 0.236. The molecule has 0 bridgehead atoms. The Balaban J connectivity index is 2.12. The lowest BCUT2D eigenvalue weighted by Gasteiger charge is -2.29. The zero-order chi connectivity index (χ0) is 22.4. The van der Waals surface area contributed by atoms with Gasteiger partial charge in [-0.25, -0.2) is 0 Å². The predicted octanol–water partition coefficient (Wildman–Crippen LogP) is -2.73. The lowest BCUT2D eigenvalue weighted by atomic mass is 10.0. The van der Waals surface area contributed by atoms with E-state index in [0.29, 0.717) is 5.56 Å². The molecule has 1 fully saturated rings. The second-order valence-electron chi connectivity index (χ2n) is 7.16. The number of nitrogens with zero attached hydrogens (tertiary/aromatic N) is 1. The van der Waals surface area contributed by atoms with E-state index in [4.69, 9.17) is 9.84 Å². The summed E-state index contributed by atoms with van der Waals surface area (Å²) in [6, 6.07) is 5.58. The number of non-ortho nitro benzene ring substituents is 1. The predicted molar refractivity (Wildman–Crippen MR) is 107 cm³/mol. The number of nitro benzene ring substituents is 1. The summed E-state index contributed by atoms with van der Waals surface area (Å²) in [6.07, 6.45) is -8.19. The van der Waals surface area contributed by atoms with Crippen molar-refractivity contribution in [2.24, 2.45) is 0 Å². The van der Waals surface area contributed by atoms with Gasteiger partial charge in [-0.1, -0.05) is 12.1 Å². The van der Waals surface area contributed by atoms with Gasteiger partial charge in [-0.2, -0.15) is 0 Å². The van der Waals surface area contributed by atoms with Gasteiger partial charge in [0, 0.05) is 23.0 Å². The normalized spacial score (nSPS) is 28.1. The lowest BCUT2D eigenvalue weighted by Crippen LogP contribution is -2.50. The molecule has 2 rings (SSSR count). The number of rotatable bonds is 11. The SMILES string of the molecule is O=[N+]([O-])c1cccc(CO[C@H]([C@H](O)[C@@H](O)CO)[C@H](O)C[S+]2C[C@@H](O)[C@H](O)[C@H]2CO)c1. The average molecular weight is 450 g/mol. The van der Waals surface area contributed by atoms with E-state index in [9.17, 15) is 40.8 Å². The van der Waals surface area contributed by atoms with E-state index in [1.54, 1.807) is 6.07 Å². The number of aliphatic hydroxyl groups excluding tert-OH is 7. The van der Waals surface area contributed by atoms with Gasteiger partial charge in [0.1, 0.15) is 48.1 Å². The molecule has 30 heavy (non-hydrogen) atoms. The van der Waals surface area contributed by atoms with Crippen LogP contribution >= 0.6 is 0 Å². The van der Waals surface area contributed by atoms with Crippen LogP contribution in [0.2, 0.25) is 0 Å². The summed E-state index contributed by atoms with van der Waals surface area (Å²) < 4.78 is 5.57.